The monoisotopic (exact) mass is 1320 g/mol. The summed E-state index contributed by atoms with van der Waals surface area (Å²) in [5.41, 5.74) is 14.3. The number of amides is 7. The van der Waals surface area contributed by atoms with Gasteiger partial charge in [-0.1, -0.05) is 36.5 Å². The summed E-state index contributed by atoms with van der Waals surface area (Å²) in [5.74, 6) is -8.13. The number of hydrogen-bond donors (Lipinski definition) is 14. The van der Waals surface area contributed by atoms with Crippen molar-refractivity contribution in [2.45, 2.75) is 138 Å². The van der Waals surface area contributed by atoms with Gasteiger partial charge in [-0.15, -0.1) is 10.2 Å². The lowest BCUT2D eigenvalue weighted by atomic mass is 9.97. The van der Waals surface area contributed by atoms with Crippen molar-refractivity contribution in [2.75, 3.05) is 84.3 Å². The molecule has 0 radical (unpaired) electrons. The number of β-amino-alcohol motifs (C(OH)–C–C–N with tert-alkyl or cyclic N) is 1. The average molecular weight is 1320 g/mol. The van der Waals surface area contributed by atoms with Gasteiger partial charge in [0.05, 0.1) is 36.6 Å². The number of carbonyl (C=O) groups excluding carboxylic acids is 7. The standard InChI is InChI=1S/C63H88N12O17S/c1-34-31-75-53(54(34)82)59(87)66-30-42(77)28-44(67-55(83)38-7-9-39(10-8-38)60-71-72-61(93-60)40-11-13-41(14-12-40)73-21-17-36(18-22-73)33-91-24-5-4-23-90-3)56(84)68-50(35(2)76)62(88)74-32-43(78)29-45(74)57(85)69-51(58(86)70-52(63(75)89)47(80)16-19-64)48(81)26-37-6-15-46(79)49(27-37)92-25-20-65/h6-15,27,34-36,42-45,47-48,50-54,76-82H,4-5,16-26,28-33,64-65H2,1-3H3,(H,66,87)(H,67,83)(H,68,84)(H,69,85)(H,70,86)/t34-,35+,42+,43+,44-,45-,47+,48+,50-,51-,52-,53-,54-/m0/s1. The number of unbranched alkanes of at least 4 members (excludes halogenated alkanes) is 1. The van der Waals surface area contributed by atoms with Crippen LogP contribution >= 0.6 is 11.3 Å². The molecule has 0 bridgehead atoms. The number of nitrogens with zero attached hydrogens (tertiary/aromatic N) is 5. The van der Waals surface area contributed by atoms with E-state index >= 15 is 0 Å². The number of methoxy groups -OCH3 is 1. The van der Waals surface area contributed by atoms with E-state index in [2.05, 4.69) is 53.8 Å². The summed E-state index contributed by atoms with van der Waals surface area (Å²) in [7, 11) is 1.70. The SMILES string of the molecule is COCCCCOCC1CCN(c2ccc(-c3nnc(-c4ccc(C(=O)N[C@H]5C[C@@H](O)CNC(=O)[C@@H]6[C@@H](O)[C@@H](C)CN6C(=O)[C@H]([C@H](O)CCN)NC(=O)[C@H]([C@H](O)Cc6ccc(O)c(OCCN)c6)NC(=O)[C@@H]6C[C@@H](O)CN6C(=O)[C@H]([C@@H](C)O)NC5=O)cc4)s3)cc2)CC1. The number of nitrogens with one attached hydrogen (secondary N) is 5. The Kier molecular flexibility index (Phi) is 25.8. The second-order valence-corrected chi connectivity index (χ2v) is 25.2. The quantitative estimate of drug-likeness (QED) is 0.0374. The number of anilines is 1. The molecule has 0 spiro atoms. The van der Waals surface area contributed by atoms with Crippen LogP contribution in [0.2, 0.25) is 0 Å². The molecule has 16 N–H and O–H groups in total. The maximum atomic E-state index is 14.7. The third kappa shape index (κ3) is 18.5. The number of aromatic hydroxyl groups is 1. The summed E-state index contributed by atoms with van der Waals surface area (Å²) < 4.78 is 16.6. The predicted octanol–water partition coefficient (Wildman–Crippen LogP) is -2.13. The third-order valence-corrected chi connectivity index (χ3v) is 18.2. The maximum Gasteiger partial charge on any atom is 0.251 e. The molecule has 8 rings (SSSR count). The topological polar surface area (TPSA) is 436 Å². The van der Waals surface area contributed by atoms with Crippen LogP contribution in [0.25, 0.3) is 21.1 Å². The number of aliphatic hydroxyl groups is 6. The van der Waals surface area contributed by atoms with E-state index in [4.69, 9.17) is 25.7 Å². The number of piperidine rings is 1. The number of rotatable bonds is 22. The van der Waals surface area contributed by atoms with Crippen LogP contribution in [0.5, 0.6) is 11.5 Å². The first-order valence-electron chi connectivity index (χ1n) is 31.5. The van der Waals surface area contributed by atoms with Gasteiger partial charge in [0.15, 0.2) is 11.5 Å². The fourth-order valence-corrected chi connectivity index (χ4v) is 12.8. The highest BCUT2D eigenvalue weighted by atomic mass is 32.1. The molecule has 13 atom stereocenters. The summed E-state index contributed by atoms with van der Waals surface area (Å²) in [5, 5.41) is 102. The number of fused-ring (bicyclic) bond motifs is 2. The van der Waals surface area contributed by atoms with Crippen molar-refractivity contribution in [3.8, 4) is 32.6 Å². The molecule has 0 unspecified atom stereocenters. The fourth-order valence-electron chi connectivity index (χ4n) is 11.9. The highest BCUT2D eigenvalue weighted by molar-refractivity contribution is 7.17. The number of aliphatic hydroxyl groups excluding tert-OH is 6. The van der Waals surface area contributed by atoms with E-state index in [1.807, 2.05) is 12.1 Å². The van der Waals surface area contributed by atoms with Crippen LogP contribution in [0.1, 0.15) is 74.7 Å². The molecule has 7 amide bonds. The van der Waals surface area contributed by atoms with Gasteiger partial charge in [-0.05, 0) is 106 Å². The van der Waals surface area contributed by atoms with Crippen molar-refractivity contribution in [3.63, 3.8) is 0 Å². The van der Waals surface area contributed by atoms with Crippen molar-refractivity contribution in [3.05, 3.63) is 77.9 Å². The first-order chi connectivity index (χ1) is 44.6. The average Bonchev–Trinajstić information content (AvgIpc) is 1.99. The fraction of sp³-hybridized carbons (Fsp3) is 0.571. The minimum Gasteiger partial charge on any atom is -0.504 e. The van der Waals surface area contributed by atoms with Gasteiger partial charge >= 0.3 is 0 Å². The summed E-state index contributed by atoms with van der Waals surface area (Å²) in [6.45, 7) is 5.15. The molecule has 4 aliphatic heterocycles. The van der Waals surface area contributed by atoms with Crippen LogP contribution in [0.4, 0.5) is 5.69 Å². The number of carbonyl (C=O) groups is 7. The molecule has 93 heavy (non-hydrogen) atoms. The molecule has 30 heteroatoms. The Balaban J connectivity index is 1.02. The molecule has 1 aromatic heterocycles. The Morgan fingerprint density at radius 3 is 2.04 bits per heavy atom. The van der Waals surface area contributed by atoms with Crippen LogP contribution in [-0.2, 0) is 44.7 Å². The number of phenols is 1. The lowest BCUT2D eigenvalue weighted by Gasteiger charge is -2.34. The van der Waals surface area contributed by atoms with Crippen LogP contribution in [0, 0.1) is 11.8 Å². The normalized spacial score (nSPS) is 25.8. The zero-order valence-corrected chi connectivity index (χ0v) is 53.2. The van der Waals surface area contributed by atoms with Crippen molar-refractivity contribution >= 4 is 58.4 Å². The number of nitrogens with two attached hydrogens (primary N) is 2. The second kappa shape index (κ2) is 33.6. The third-order valence-electron chi connectivity index (χ3n) is 17.2. The number of ether oxygens (including phenoxy) is 3. The Morgan fingerprint density at radius 1 is 0.742 bits per heavy atom. The second-order valence-electron chi connectivity index (χ2n) is 24.3. The van der Waals surface area contributed by atoms with Crippen molar-refractivity contribution in [2.24, 2.45) is 23.3 Å². The van der Waals surface area contributed by atoms with Crippen molar-refractivity contribution in [1.82, 2.24) is 46.6 Å². The van der Waals surface area contributed by atoms with Crippen molar-refractivity contribution in [1.29, 1.82) is 0 Å². The number of phenolic OH excluding ortho intramolecular Hbond substituents is 1. The highest BCUT2D eigenvalue weighted by Gasteiger charge is 2.50. The molecule has 508 valence electrons. The Hall–Kier alpha value is -7.49. The van der Waals surface area contributed by atoms with Gasteiger partial charge < -0.3 is 103 Å². The van der Waals surface area contributed by atoms with Gasteiger partial charge in [0.2, 0.25) is 35.4 Å². The number of benzene rings is 3. The highest BCUT2D eigenvalue weighted by Crippen LogP contribution is 2.34. The van der Waals surface area contributed by atoms with Gasteiger partial charge in [0.1, 0.15) is 52.9 Å². The van der Waals surface area contributed by atoms with Gasteiger partial charge in [-0.2, -0.15) is 0 Å². The zero-order valence-electron chi connectivity index (χ0n) is 52.4. The smallest absolute Gasteiger partial charge is 0.251 e. The summed E-state index contributed by atoms with van der Waals surface area (Å²) in [4.78, 5) is 106. The number of aromatic nitrogens is 2. The molecular formula is C63H88N12O17S. The van der Waals surface area contributed by atoms with Gasteiger partial charge in [0.25, 0.3) is 5.91 Å². The summed E-state index contributed by atoms with van der Waals surface area (Å²) >= 11 is 1.34. The van der Waals surface area contributed by atoms with E-state index < -0.39 is 152 Å². The van der Waals surface area contributed by atoms with E-state index in [0.717, 1.165) is 86.6 Å². The molecule has 4 aliphatic rings. The largest absolute Gasteiger partial charge is 0.504 e. The molecule has 3 aromatic carbocycles. The van der Waals surface area contributed by atoms with Crippen LogP contribution in [0.15, 0.2) is 66.7 Å². The maximum absolute atomic E-state index is 14.7. The van der Waals surface area contributed by atoms with E-state index in [9.17, 15) is 69.3 Å². The Morgan fingerprint density at radius 2 is 1.39 bits per heavy atom. The van der Waals surface area contributed by atoms with E-state index in [0.29, 0.717) is 21.5 Å². The molecule has 0 aliphatic carbocycles. The Labute approximate surface area is 542 Å². The lowest BCUT2D eigenvalue weighted by molar-refractivity contribution is -0.147. The van der Waals surface area contributed by atoms with E-state index in [1.165, 1.54) is 48.6 Å². The molecule has 29 nitrogen and oxygen atoms in total. The van der Waals surface area contributed by atoms with Crippen molar-refractivity contribution < 1.29 is 83.5 Å². The van der Waals surface area contributed by atoms with E-state index in [1.54, 1.807) is 19.2 Å². The molecule has 5 heterocycles. The molecule has 4 saturated heterocycles. The Bertz CT molecular complexity index is 3170. The minimum absolute atomic E-state index is 0.00542. The van der Waals surface area contributed by atoms with E-state index in [-0.39, 0.29) is 55.3 Å². The van der Waals surface area contributed by atoms with Crippen LogP contribution in [0.3, 0.4) is 0 Å². The molecular weight excluding hydrogens is 1230 g/mol. The molecule has 0 saturated carbocycles. The molecule has 4 aromatic rings. The number of hydrogen-bond acceptors (Lipinski definition) is 23. The zero-order chi connectivity index (χ0) is 67.0. The van der Waals surface area contributed by atoms with Crippen LogP contribution < -0.4 is 47.7 Å². The predicted molar refractivity (Wildman–Crippen MR) is 339 cm³/mol. The summed E-state index contributed by atoms with van der Waals surface area (Å²) in [6, 6.07) is 7.39. The molecule has 4 fully saturated rings. The van der Waals surface area contributed by atoms with Gasteiger partial charge in [-0.25, -0.2) is 0 Å². The first kappa shape index (κ1) is 71.4. The summed E-state index contributed by atoms with van der Waals surface area (Å²) in [6.07, 6.45) is -7.82. The van der Waals surface area contributed by atoms with Crippen LogP contribution in [-0.4, -0.2) is 249 Å². The lowest BCUT2D eigenvalue weighted by Crippen LogP contribution is -2.64. The minimum atomic E-state index is -2.04. The van der Waals surface area contributed by atoms with Gasteiger partial charge in [0, 0.05) is 114 Å². The van der Waals surface area contributed by atoms with Gasteiger partial charge in [-0.3, -0.25) is 33.6 Å². The first-order valence-corrected chi connectivity index (χ1v) is 32.3.